The minimum Gasteiger partial charge on any atom is -0.343 e. The summed E-state index contributed by atoms with van der Waals surface area (Å²) >= 11 is 0. The van der Waals surface area contributed by atoms with Crippen molar-refractivity contribution in [1.82, 2.24) is 9.62 Å². The van der Waals surface area contributed by atoms with Gasteiger partial charge in [-0.05, 0) is 44.9 Å². The molecule has 1 N–H and O–H groups in total. The van der Waals surface area contributed by atoms with Crippen LogP contribution in [-0.2, 0) is 14.8 Å². The summed E-state index contributed by atoms with van der Waals surface area (Å²) in [6.07, 6.45) is -1.45. The van der Waals surface area contributed by atoms with Crippen molar-refractivity contribution < 1.29 is 26.4 Å². The van der Waals surface area contributed by atoms with Gasteiger partial charge < -0.3 is 4.90 Å². The zero-order chi connectivity index (χ0) is 17.8. The van der Waals surface area contributed by atoms with Gasteiger partial charge in [0.25, 0.3) is 0 Å². The van der Waals surface area contributed by atoms with E-state index in [-0.39, 0.29) is 38.1 Å². The second-order valence-corrected chi connectivity index (χ2v) is 8.69. The van der Waals surface area contributed by atoms with Crippen molar-refractivity contribution in [2.24, 2.45) is 5.92 Å². The highest BCUT2D eigenvalue weighted by Gasteiger charge is 2.43. The van der Waals surface area contributed by atoms with Crippen LogP contribution in [0, 0.1) is 5.92 Å². The fraction of sp³-hybridized carbons (Fsp3) is 0.933. The Hall–Kier alpha value is -0.830. The van der Waals surface area contributed by atoms with Gasteiger partial charge in [-0.1, -0.05) is 0 Å². The number of carbonyl (C=O) groups is 1. The fourth-order valence-electron chi connectivity index (χ4n) is 3.40. The first-order chi connectivity index (χ1) is 11.2. The van der Waals surface area contributed by atoms with Crippen molar-refractivity contribution in [3.8, 4) is 0 Å². The molecule has 0 spiro atoms. The third-order valence-electron chi connectivity index (χ3n) is 4.91. The van der Waals surface area contributed by atoms with Crippen LogP contribution in [-0.4, -0.2) is 50.3 Å². The van der Waals surface area contributed by atoms with E-state index in [4.69, 9.17) is 0 Å². The minimum absolute atomic E-state index is 0.0458. The van der Waals surface area contributed by atoms with Gasteiger partial charge >= 0.3 is 6.18 Å². The number of nitrogens with one attached hydrogen (secondary N) is 1. The van der Waals surface area contributed by atoms with E-state index < -0.39 is 27.4 Å². The predicted molar refractivity (Wildman–Crippen MR) is 83.8 cm³/mol. The lowest BCUT2D eigenvalue weighted by atomic mass is 9.88. The van der Waals surface area contributed by atoms with E-state index in [0.29, 0.717) is 25.9 Å². The van der Waals surface area contributed by atoms with Crippen LogP contribution in [0.15, 0.2) is 0 Å². The normalized spacial score (nSPS) is 26.6. The number of piperidine rings is 1. The first-order valence-corrected chi connectivity index (χ1v) is 10.1. The van der Waals surface area contributed by atoms with Crippen LogP contribution in [0.5, 0.6) is 0 Å². The summed E-state index contributed by atoms with van der Waals surface area (Å²) in [5, 5.41) is -0.743. The summed E-state index contributed by atoms with van der Waals surface area (Å²) < 4.78 is 64.7. The molecular formula is C15H25F3N2O3S. The molecule has 1 amide bonds. The Morgan fingerprint density at radius 2 is 1.79 bits per heavy atom. The van der Waals surface area contributed by atoms with Gasteiger partial charge in [0, 0.05) is 26.1 Å². The molecule has 0 aromatic carbocycles. The van der Waals surface area contributed by atoms with E-state index in [1.165, 1.54) is 0 Å². The van der Waals surface area contributed by atoms with Gasteiger partial charge in [-0.15, -0.1) is 0 Å². The van der Waals surface area contributed by atoms with Crippen molar-refractivity contribution in [3.05, 3.63) is 0 Å². The zero-order valence-corrected chi connectivity index (χ0v) is 14.5. The highest BCUT2D eigenvalue weighted by atomic mass is 32.2. The Morgan fingerprint density at radius 3 is 2.38 bits per heavy atom. The van der Waals surface area contributed by atoms with Gasteiger partial charge in [-0.25, -0.2) is 13.1 Å². The monoisotopic (exact) mass is 370 g/mol. The standard InChI is InChI=1S/C15H25F3N2O3S/c16-15(17,18)12-5-7-13(8-6-12)24(22,23)19-9-3-11-20-10-2-1-4-14(20)21/h12-13,19H,1-11H2. The Kier molecular flexibility index (Phi) is 6.52. The third-order valence-corrected chi connectivity index (χ3v) is 6.86. The van der Waals surface area contributed by atoms with Gasteiger partial charge in [-0.2, -0.15) is 13.2 Å². The number of halogens is 3. The first kappa shape index (κ1) is 19.5. The highest BCUT2D eigenvalue weighted by molar-refractivity contribution is 7.90. The van der Waals surface area contributed by atoms with Crippen LogP contribution >= 0.6 is 0 Å². The predicted octanol–water partition coefficient (Wildman–Crippen LogP) is 2.43. The maximum atomic E-state index is 12.6. The number of rotatable bonds is 6. The lowest BCUT2D eigenvalue weighted by Crippen LogP contribution is -2.41. The van der Waals surface area contributed by atoms with Crippen LogP contribution in [0.3, 0.4) is 0 Å². The number of carbonyl (C=O) groups excluding carboxylic acids is 1. The molecular weight excluding hydrogens is 345 g/mol. The summed E-state index contributed by atoms with van der Waals surface area (Å²) in [7, 11) is -3.59. The molecule has 0 bridgehead atoms. The van der Waals surface area contributed by atoms with E-state index in [9.17, 15) is 26.4 Å². The molecule has 2 rings (SSSR count). The van der Waals surface area contributed by atoms with Gasteiger partial charge in [-0.3, -0.25) is 4.79 Å². The molecule has 0 radical (unpaired) electrons. The molecule has 0 aromatic rings. The second kappa shape index (κ2) is 8.03. The van der Waals surface area contributed by atoms with Crippen molar-refractivity contribution in [1.29, 1.82) is 0 Å². The summed E-state index contributed by atoms with van der Waals surface area (Å²) in [6, 6.07) is 0. The minimum atomic E-state index is -4.23. The SMILES string of the molecule is O=C1CCCCN1CCCNS(=O)(=O)C1CCC(C(F)(F)F)CC1. The molecule has 2 aliphatic rings. The maximum Gasteiger partial charge on any atom is 0.391 e. The average Bonchev–Trinajstić information content (AvgIpc) is 2.52. The van der Waals surface area contributed by atoms with Gasteiger partial charge in [0.15, 0.2) is 0 Å². The number of alkyl halides is 3. The molecule has 9 heteroatoms. The Balaban J connectivity index is 1.71. The molecule has 0 atom stereocenters. The molecule has 140 valence electrons. The van der Waals surface area contributed by atoms with E-state index in [1.807, 2.05) is 0 Å². The van der Waals surface area contributed by atoms with E-state index >= 15 is 0 Å². The molecule has 1 aliphatic carbocycles. The van der Waals surface area contributed by atoms with E-state index in [0.717, 1.165) is 12.8 Å². The number of sulfonamides is 1. The van der Waals surface area contributed by atoms with Gasteiger partial charge in [0.05, 0.1) is 11.2 Å². The lowest BCUT2D eigenvalue weighted by Gasteiger charge is -2.30. The summed E-state index contributed by atoms with van der Waals surface area (Å²) in [5.41, 5.74) is 0. The van der Waals surface area contributed by atoms with Crippen molar-refractivity contribution in [2.75, 3.05) is 19.6 Å². The molecule has 2 fully saturated rings. The summed E-state index contributed by atoms with van der Waals surface area (Å²) in [5.74, 6) is -1.27. The van der Waals surface area contributed by atoms with Crippen LogP contribution in [0.25, 0.3) is 0 Å². The Labute approximate surface area is 141 Å². The van der Waals surface area contributed by atoms with Crippen LogP contribution < -0.4 is 4.72 Å². The molecule has 1 heterocycles. The Morgan fingerprint density at radius 1 is 1.12 bits per heavy atom. The van der Waals surface area contributed by atoms with Crippen LogP contribution in [0.4, 0.5) is 13.2 Å². The van der Waals surface area contributed by atoms with Crippen LogP contribution in [0.2, 0.25) is 0 Å². The highest BCUT2D eigenvalue weighted by Crippen LogP contribution is 2.38. The average molecular weight is 370 g/mol. The lowest BCUT2D eigenvalue weighted by molar-refractivity contribution is -0.181. The van der Waals surface area contributed by atoms with E-state index in [2.05, 4.69) is 4.72 Å². The quantitative estimate of drug-likeness (QED) is 0.731. The topological polar surface area (TPSA) is 66.5 Å². The smallest absolute Gasteiger partial charge is 0.343 e. The first-order valence-electron chi connectivity index (χ1n) is 8.53. The number of likely N-dealkylation sites (tertiary alicyclic amines) is 1. The number of hydrogen-bond donors (Lipinski definition) is 1. The maximum absolute atomic E-state index is 12.6. The molecule has 1 aliphatic heterocycles. The van der Waals surface area contributed by atoms with Gasteiger partial charge in [0.1, 0.15) is 0 Å². The molecule has 0 unspecified atom stereocenters. The van der Waals surface area contributed by atoms with Gasteiger partial charge in [0.2, 0.25) is 15.9 Å². The molecule has 24 heavy (non-hydrogen) atoms. The number of amides is 1. The van der Waals surface area contributed by atoms with Crippen molar-refractivity contribution in [3.63, 3.8) is 0 Å². The molecule has 0 aromatic heterocycles. The second-order valence-electron chi connectivity index (χ2n) is 6.65. The molecule has 1 saturated heterocycles. The summed E-state index contributed by atoms with van der Waals surface area (Å²) in [4.78, 5) is 13.4. The Bertz CT molecular complexity index is 529. The third kappa shape index (κ3) is 5.34. The number of hydrogen-bond acceptors (Lipinski definition) is 3. The molecule has 1 saturated carbocycles. The van der Waals surface area contributed by atoms with Crippen molar-refractivity contribution >= 4 is 15.9 Å². The van der Waals surface area contributed by atoms with E-state index in [1.54, 1.807) is 4.90 Å². The van der Waals surface area contributed by atoms with Crippen molar-refractivity contribution in [2.45, 2.75) is 62.8 Å². The zero-order valence-electron chi connectivity index (χ0n) is 13.6. The largest absolute Gasteiger partial charge is 0.391 e. The summed E-state index contributed by atoms with van der Waals surface area (Å²) in [6.45, 7) is 1.44. The fourth-order valence-corrected chi connectivity index (χ4v) is 4.96. The van der Waals surface area contributed by atoms with Crippen LogP contribution in [0.1, 0.15) is 51.4 Å². The molecule has 5 nitrogen and oxygen atoms in total. The number of nitrogens with zero attached hydrogens (tertiary/aromatic N) is 1.